The van der Waals surface area contributed by atoms with Crippen molar-refractivity contribution in [2.24, 2.45) is 0 Å². The highest BCUT2D eigenvalue weighted by molar-refractivity contribution is 7.54. The Morgan fingerprint density at radius 3 is 1.62 bits per heavy atom. The average Bonchev–Trinajstić information content (AvgIpc) is 3.05. The number of ether oxygens (including phenoxy) is 6. The maximum atomic E-state index is 14.0. The first-order valence-electron chi connectivity index (χ1n) is 12.8. The second-order valence-corrected chi connectivity index (χ2v) is 11.0. The van der Waals surface area contributed by atoms with Crippen LogP contribution in [0, 0.1) is 5.82 Å². The van der Waals surface area contributed by atoms with E-state index in [0.717, 1.165) is 26.4 Å². The van der Waals surface area contributed by atoms with Crippen molar-refractivity contribution in [1.82, 2.24) is 19.9 Å². The molecule has 4 aromatic rings. The van der Waals surface area contributed by atoms with Crippen molar-refractivity contribution in [2.75, 3.05) is 42.7 Å². The lowest BCUT2D eigenvalue weighted by Crippen LogP contribution is -2.12. The summed E-state index contributed by atoms with van der Waals surface area (Å²) in [5.74, 6) is -2.69. The van der Waals surface area contributed by atoms with Crippen LogP contribution in [-0.4, -0.2) is 73.7 Å². The van der Waals surface area contributed by atoms with Crippen LogP contribution in [0.2, 0.25) is 0 Å². The van der Waals surface area contributed by atoms with Crippen molar-refractivity contribution >= 4 is 13.6 Å². The van der Waals surface area contributed by atoms with Gasteiger partial charge < -0.3 is 42.6 Å². The van der Waals surface area contributed by atoms with Gasteiger partial charge in [-0.1, -0.05) is 18.2 Å². The van der Waals surface area contributed by atoms with Crippen LogP contribution < -0.4 is 28.4 Å². The zero-order valence-electron chi connectivity index (χ0n) is 24.8. The summed E-state index contributed by atoms with van der Waals surface area (Å²) in [7, 11) is 3.56. The van der Waals surface area contributed by atoms with E-state index < -0.39 is 42.4 Å². The molecule has 1 unspecified atom stereocenters. The topological polar surface area (TPSA) is 180 Å². The summed E-state index contributed by atoms with van der Waals surface area (Å²) in [4.78, 5) is 29.4. The Labute approximate surface area is 256 Å². The molecule has 0 aliphatic heterocycles. The van der Waals surface area contributed by atoms with E-state index in [2.05, 4.69) is 19.9 Å². The number of hydrogen-bond donors (Lipinski definition) is 1. The number of carboxylic acid groups (broad SMARTS) is 1. The lowest BCUT2D eigenvalue weighted by atomic mass is 9.99. The second kappa shape index (κ2) is 14.2. The number of aromatic carboxylic acids is 1. The lowest BCUT2D eigenvalue weighted by molar-refractivity contribution is 0.0690. The van der Waals surface area contributed by atoms with Crippen molar-refractivity contribution in [2.45, 2.75) is 5.66 Å². The van der Waals surface area contributed by atoms with Gasteiger partial charge in [-0.2, -0.15) is 19.9 Å². The van der Waals surface area contributed by atoms with Crippen LogP contribution in [0.3, 0.4) is 0 Å². The first kappa shape index (κ1) is 32.9. The van der Waals surface area contributed by atoms with E-state index in [4.69, 9.17) is 37.5 Å². The van der Waals surface area contributed by atoms with Crippen LogP contribution in [0.5, 0.6) is 47.0 Å². The molecule has 1 atom stereocenters. The van der Waals surface area contributed by atoms with Crippen LogP contribution in [0.15, 0.2) is 48.5 Å². The monoisotopic (exact) mass is 646 g/mol. The smallest absolute Gasteiger partial charge is 0.343 e. The van der Waals surface area contributed by atoms with E-state index in [9.17, 15) is 18.9 Å². The Morgan fingerprint density at radius 2 is 1.20 bits per heavy atom. The summed E-state index contributed by atoms with van der Waals surface area (Å²) >= 11 is 0. The lowest BCUT2D eigenvalue weighted by Gasteiger charge is -2.27. The molecular weight excluding hydrogens is 618 g/mol. The molecule has 0 aliphatic rings. The summed E-state index contributed by atoms with van der Waals surface area (Å²) in [5, 5.41) is 10.5. The number of nitrogens with zero attached hydrogens (tertiary/aromatic N) is 4. The Hall–Kier alpha value is -5.05. The molecule has 0 spiro atoms. The predicted molar refractivity (Wildman–Crippen MR) is 154 cm³/mol. The third-order valence-electron chi connectivity index (χ3n) is 6.22. The molecule has 0 fully saturated rings. The summed E-state index contributed by atoms with van der Waals surface area (Å²) in [6.07, 6.45) is 0. The fourth-order valence-corrected chi connectivity index (χ4v) is 5.78. The molecule has 0 saturated heterocycles. The summed E-state index contributed by atoms with van der Waals surface area (Å²) < 4.78 is 71.2. The van der Waals surface area contributed by atoms with Gasteiger partial charge in [0.05, 0.1) is 40.6 Å². The number of aromatic nitrogens is 4. The summed E-state index contributed by atoms with van der Waals surface area (Å²) in [6, 6.07) is 9.61. The molecule has 2 heterocycles. The van der Waals surface area contributed by atoms with E-state index in [1.165, 1.54) is 64.8 Å². The zero-order valence-corrected chi connectivity index (χ0v) is 25.7. The minimum atomic E-state index is -4.15. The molecule has 15 nitrogen and oxygen atoms in total. The Balaban J connectivity index is 2.03. The van der Waals surface area contributed by atoms with Crippen molar-refractivity contribution < 1.29 is 56.3 Å². The van der Waals surface area contributed by atoms with Crippen molar-refractivity contribution in [3.63, 3.8) is 0 Å². The van der Waals surface area contributed by atoms with E-state index in [1.807, 2.05) is 0 Å². The van der Waals surface area contributed by atoms with Crippen LogP contribution in [0.4, 0.5) is 4.39 Å². The fraction of sp³-hybridized carbons (Fsp3) is 0.250. The van der Waals surface area contributed by atoms with Crippen LogP contribution >= 0.6 is 7.60 Å². The van der Waals surface area contributed by atoms with Gasteiger partial charge in [-0.25, -0.2) is 9.18 Å². The van der Waals surface area contributed by atoms with Gasteiger partial charge in [0.15, 0.2) is 5.75 Å². The van der Waals surface area contributed by atoms with Gasteiger partial charge in [-0.3, -0.25) is 4.57 Å². The largest absolute Gasteiger partial charge is 0.481 e. The highest BCUT2D eigenvalue weighted by Gasteiger charge is 2.41. The molecule has 2 aromatic heterocycles. The van der Waals surface area contributed by atoms with Crippen molar-refractivity contribution in [3.8, 4) is 47.0 Å². The van der Waals surface area contributed by atoms with Gasteiger partial charge >= 0.3 is 25.6 Å². The minimum absolute atomic E-state index is 0.0223. The Kier molecular flexibility index (Phi) is 10.3. The number of methoxy groups -OCH3 is 4. The molecule has 2 aromatic carbocycles. The molecule has 17 heteroatoms. The van der Waals surface area contributed by atoms with Gasteiger partial charge in [0.1, 0.15) is 22.8 Å². The second-order valence-electron chi connectivity index (χ2n) is 8.70. The van der Waals surface area contributed by atoms with E-state index >= 15 is 0 Å². The van der Waals surface area contributed by atoms with Crippen LogP contribution in [0.25, 0.3) is 0 Å². The molecule has 4 rings (SSSR count). The van der Waals surface area contributed by atoms with Crippen molar-refractivity contribution in [1.29, 1.82) is 0 Å². The van der Waals surface area contributed by atoms with Gasteiger partial charge in [0.25, 0.3) is 0 Å². The molecule has 0 aliphatic carbocycles. The third-order valence-corrected chi connectivity index (χ3v) is 8.44. The standard InChI is InChI=1S/C28H28FN4O11P/c1-37-19-13-20(38-2)31-27(30-19)43-18-12-11-17(25(45(36,41-5)42-6)15-7-9-16(29)10-8-15)24(23(18)26(34)35)44-28-32-21(39-3)14-22(33-28)40-4/h7-14,25H,1-6H3,(H,34,35). The van der Waals surface area contributed by atoms with E-state index in [0.29, 0.717) is 0 Å². The highest BCUT2D eigenvalue weighted by Crippen LogP contribution is 2.64. The van der Waals surface area contributed by atoms with Crippen molar-refractivity contribution in [3.05, 3.63) is 71.0 Å². The summed E-state index contributed by atoms with van der Waals surface area (Å²) in [5.41, 5.74) is -1.73. The quantitative estimate of drug-likeness (QED) is 0.174. The number of carboxylic acids is 1. The van der Waals surface area contributed by atoms with Gasteiger partial charge in [-0.15, -0.1) is 0 Å². The fourth-order valence-electron chi connectivity index (χ4n) is 4.12. The maximum absolute atomic E-state index is 14.0. The number of carbonyl (C=O) groups is 1. The van der Waals surface area contributed by atoms with E-state index in [1.54, 1.807) is 0 Å². The molecule has 0 radical (unpaired) electrons. The third kappa shape index (κ3) is 7.20. The summed E-state index contributed by atoms with van der Waals surface area (Å²) in [6.45, 7) is 0. The van der Waals surface area contributed by atoms with Gasteiger partial charge in [0, 0.05) is 19.8 Å². The zero-order chi connectivity index (χ0) is 32.7. The molecule has 238 valence electrons. The highest BCUT2D eigenvalue weighted by atomic mass is 31.2. The predicted octanol–water partition coefficient (Wildman–Crippen LogP) is 5.30. The van der Waals surface area contributed by atoms with Gasteiger partial charge in [0.2, 0.25) is 23.5 Å². The first-order valence-corrected chi connectivity index (χ1v) is 14.4. The number of benzene rings is 2. The molecule has 0 amide bonds. The number of rotatable bonds is 14. The molecule has 0 saturated carbocycles. The Bertz CT molecular complexity index is 1670. The average molecular weight is 647 g/mol. The molecule has 45 heavy (non-hydrogen) atoms. The van der Waals surface area contributed by atoms with Crippen LogP contribution in [-0.2, 0) is 13.6 Å². The van der Waals surface area contributed by atoms with Crippen LogP contribution in [0.1, 0.15) is 27.1 Å². The SMILES string of the molecule is COc1cc(OC)nc(Oc2ccc(C(c3ccc(F)cc3)P(=O)(OC)OC)c(Oc3nc(OC)cc(OC)n3)c2C(=O)O)n1. The molecular formula is C28H28FN4O11P. The first-order chi connectivity index (χ1) is 21.6. The number of halogens is 1. The minimum Gasteiger partial charge on any atom is -0.481 e. The van der Waals surface area contributed by atoms with E-state index in [-0.39, 0.29) is 46.4 Å². The molecule has 1 N–H and O–H groups in total. The normalized spacial score (nSPS) is 11.8. The maximum Gasteiger partial charge on any atom is 0.343 e. The Morgan fingerprint density at radius 1 is 0.733 bits per heavy atom. The number of hydrogen-bond acceptors (Lipinski definition) is 14. The molecule has 0 bridgehead atoms. The van der Waals surface area contributed by atoms with Gasteiger partial charge in [-0.05, 0) is 23.8 Å².